The molecule has 0 aromatic heterocycles. The van der Waals surface area contributed by atoms with Crippen LogP contribution in [-0.4, -0.2) is 35.6 Å². The van der Waals surface area contributed by atoms with Crippen LogP contribution in [-0.2, 0) is 0 Å². The maximum Gasteiger partial charge on any atom is 0.255 e. The smallest absolute Gasteiger partial charge is 0.255 e. The molecule has 0 heterocycles. The van der Waals surface area contributed by atoms with Crippen molar-refractivity contribution in [2.24, 2.45) is 0 Å². The molecule has 0 aliphatic carbocycles. The molecular weight excluding hydrogens is 266 g/mol. The molecular formula is C16H15N3O2. The Kier molecular flexibility index (Phi) is 6.48. The van der Waals surface area contributed by atoms with Crippen LogP contribution >= 0.6 is 0 Å². The van der Waals surface area contributed by atoms with E-state index in [2.05, 4.69) is 11.8 Å². The van der Waals surface area contributed by atoms with Gasteiger partial charge in [0, 0.05) is 17.5 Å². The van der Waals surface area contributed by atoms with E-state index in [1.54, 1.807) is 12.1 Å². The third-order valence-electron chi connectivity index (χ3n) is 2.60. The van der Waals surface area contributed by atoms with Gasteiger partial charge in [-0.05, 0) is 30.7 Å². The summed E-state index contributed by atoms with van der Waals surface area (Å²) in [4.78, 5) is 13.5. The van der Waals surface area contributed by atoms with Crippen LogP contribution in [0.3, 0.4) is 0 Å². The molecule has 0 spiro atoms. The van der Waals surface area contributed by atoms with Gasteiger partial charge in [-0.2, -0.15) is 10.5 Å². The predicted molar refractivity (Wildman–Crippen MR) is 76.9 cm³/mol. The monoisotopic (exact) mass is 281 g/mol. The summed E-state index contributed by atoms with van der Waals surface area (Å²) in [7, 11) is 0. The maximum absolute atomic E-state index is 12.3. The molecule has 1 N–H and O–H groups in total. The first-order valence-electron chi connectivity index (χ1n) is 6.37. The topological polar surface area (TPSA) is 88.1 Å². The summed E-state index contributed by atoms with van der Waals surface area (Å²) in [6.45, 7) is 1.56. The van der Waals surface area contributed by atoms with Crippen LogP contribution in [0.2, 0.25) is 0 Å². The van der Waals surface area contributed by atoms with Crippen LogP contribution in [0.1, 0.15) is 27.9 Å². The quantitative estimate of drug-likeness (QED) is 0.664. The molecule has 0 fully saturated rings. The Morgan fingerprint density at radius 1 is 1.24 bits per heavy atom. The van der Waals surface area contributed by atoms with E-state index < -0.39 is 0 Å². The Morgan fingerprint density at radius 3 is 2.48 bits per heavy atom. The first-order chi connectivity index (χ1) is 10.1. The lowest BCUT2D eigenvalue weighted by Crippen LogP contribution is -2.31. The molecule has 0 bridgehead atoms. The van der Waals surface area contributed by atoms with E-state index >= 15 is 0 Å². The number of rotatable bonds is 4. The third kappa shape index (κ3) is 4.99. The summed E-state index contributed by atoms with van der Waals surface area (Å²) >= 11 is 0. The minimum atomic E-state index is -0.369. The summed E-state index contributed by atoms with van der Waals surface area (Å²) < 4.78 is 0. The highest BCUT2D eigenvalue weighted by atomic mass is 16.2. The third-order valence-corrected chi connectivity index (χ3v) is 2.60. The molecule has 1 aromatic carbocycles. The van der Waals surface area contributed by atoms with E-state index in [1.165, 1.54) is 4.90 Å². The van der Waals surface area contributed by atoms with Gasteiger partial charge in [0.2, 0.25) is 0 Å². The van der Waals surface area contributed by atoms with Gasteiger partial charge >= 0.3 is 0 Å². The molecule has 106 valence electrons. The minimum Gasteiger partial charge on any atom is -0.395 e. The van der Waals surface area contributed by atoms with Crippen molar-refractivity contribution in [2.45, 2.75) is 13.3 Å². The Hall–Kier alpha value is -2.81. The largest absolute Gasteiger partial charge is 0.395 e. The van der Waals surface area contributed by atoms with Crippen molar-refractivity contribution in [1.29, 1.82) is 10.5 Å². The molecule has 0 unspecified atom stereocenters. The van der Waals surface area contributed by atoms with Crippen molar-refractivity contribution in [3.05, 3.63) is 34.9 Å². The SMILES string of the molecule is Cc1cc(C#CCCO)cc(C(=O)N(CC#N)CC#N)c1. The van der Waals surface area contributed by atoms with Gasteiger partial charge in [0.15, 0.2) is 0 Å². The molecule has 1 aromatic rings. The van der Waals surface area contributed by atoms with Gasteiger partial charge in [-0.3, -0.25) is 4.79 Å². The number of hydrogen-bond acceptors (Lipinski definition) is 4. The second-order valence-corrected chi connectivity index (χ2v) is 4.34. The molecule has 0 atom stereocenters. The number of aliphatic hydroxyl groups excluding tert-OH is 1. The van der Waals surface area contributed by atoms with Gasteiger partial charge in [0.05, 0.1) is 18.7 Å². The van der Waals surface area contributed by atoms with E-state index in [0.717, 1.165) is 5.56 Å². The zero-order valence-electron chi connectivity index (χ0n) is 11.8. The molecule has 5 nitrogen and oxygen atoms in total. The average molecular weight is 281 g/mol. The molecule has 1 rings (SSSR count). The van der Waals surface area contributed by atoms with Crippen LogP contribution < -0.4 is 0 Å². The predicted octanol–water partition coefficient (Wildman–Crippen LogP) is 1.22. The number of nitriles is 2. The highest BCUT2D eigenvalue weighted by molar-refractivity contribution is 5.95. The summed E-state index contributed by atoms with van der Waals surface area (Å²) in [5, 5.41) is 26.1. The number of nitrogens with zero attached hydrogens (tertiary/aromatic N) is 3. The van der Waals surface area contributed by atoms with E-state index in [0.29, 0.717) is 17.5 Å². The van der Waals surface area contributed by atoms with Crippen molar-refractivity contribution in [2.75, 3.05) is 19.7 Å². The Balaban J connectivity index is 3.07. The number of aryl methyl sites for hydroxylation is 1. The molecule has 0 radical (unpaired) electrons. The van der Waals surface area contributed by atoms with E-state index in [9.17, 15) is 4.79 Å². The summed E-state index contributed by atoms with van der Waals surface area (Å²) in [6, 6.07) is 8.90. The lowest BCUT2D eigenvalue weighted by molar-refractivity contribution is 0.0794. The highest BCUT2D eigenvalue weighted by Crippen LogP contribution is 2.11. The minimum absolute atomic E-state index is 0.0112. The number of carbonyl (C=O) groups excluding carboxylic acids is 1. The fourth-order valence-corrected chi connectivity index (χ4v) is 1.75. The van der Waals surface area contributed by atoms with Gasteiger partial charge < -0.3 is 10.0 Å². The van der Waals surface area contributed by atoms with Gasteiger partial charge in [-0.1, -0.05) is 11.8 Å². The Morgan fingerprint density at radius 2 is 1.90 bits per heavy atom. The Labute approximate surface area is 124 Å². The number of hydrogen-bond donors (Lipinski definition) is 1. The van der Waals surface area contributed by atoms with Crippen molar-refractivity contribution in [3.8, 4) is 24.0 Å². The number of benzene rings is 1. The molecule has 1 amide bonds. The standard InChI is InChI=1S/C16H15N3O2/c1-13-10-14(4-2-3-9-20)12-15(11-13)16(21)19(7-5-17)8-6-18/h10-12,20H,3,7-9H2,1H3. The Bertz CT molecular complexity index is 641. The molecule has 0 saturated carbocycles. The molecule has 5 heteroatoms. The molecule has 0 aliphatic heterocycles. The summed E-state index contributed by atoms with van der Waals surface area (Å²) in [5.74, 6) is 5.30. The molecule has 0 aliphatic rings. The van der Waals surface area contributed by atoms with Crippen molar-refractivity contribution >= 4 is 5.91 Å². The average Bonchev–Trinajstić information content (AvgIpc) is 2.46. The van der Waals surface area contributed by atoms with Crippen molar-refractivity contribution < 1.29 is 9.90 Å². The maximum atomic E-state index is 12.3. The van der Waals surface area contributed by atoms with E-state index in [1.807, 2.05) is 25.1 Å². The van der Waals surface area contributed by atoms with Gasteiger partial charge in [0.1, 0.15) is 13.1 Å². The lowest BCUT2D eigenvalue weighted by atomic mass is 10.1. The van der Waals surface area contributed by atoms with Crippen LogP contribution in [0.15, 0.2) is 18.2 Å². The van der Waals surface area contributed by atoms with Crippen LogP contribution in [0.5, 0.6) is 0 Å². The van der Waals surface area contributed by atoms with Gasteiger partial charge in [0.25, 0.3) is 5.91 Å². The molecule has 0 saturated heterocycles. The molecule has 21 heavy (non-hydrogen) atoms. The first-order valence-corrected chi connectivity index (χ1v) is 6.37. The number of amides is 1. The zero-order valence-corrected chi connectivity index (χ0v) is 11.8. The number of aliphatic hydroxyl groups is 1. The highest BCUT2D eigenvalue weighted by Gasteiger charge is 2.15. The second kappa shape index (κ2) is 8.38. The van der Waals surface area contributed by atoms with E-state index in [4.69, 9.17) is 15.6 Å². The fourth-order valence-electron chi connectivity index (χ4n) is 1.75. The normalized spacial score (nSPS) is 8.95. The summed E-state index contributed by atoms with van der Waals surface area (Å²) in [6.07, 6.45) is 0.367. The lowest BCUT2D eigenvalue weighted by Gasteiger charge is -2.16. The first kappa shape index (κ1) is 16.2. The fraction of sp³-hybridized carbons (Fsp3) is 0.312. The van der Waals surface area contributed by atoms with Gasteiger partial charge in [-0.15, -0.1) is 0 Å². The van der Waals surface area contributed by atoms with Crippen molar-refractivity contribution in [1.82, 2.24) is 4.90 Å². The number of carbonyl (C=O) groups is 1. The van der Waals surface area contributed by atoms with Crippen LogP contribution in [0.4, 0.5) is 0 Å². The summed E-state index contributed by atoms with van der Waals surface area (Å²) in [5.41, 5.74) is 1.93. The van der Waals surface area contributed by atoms with Gasteiger partial charge in [-0.25, -0.2) is 0 Å². The van der Waals surface area contributed by atoms with Crippen LogP contribution in [0, 0.1) is 41.4 Å². The van der Waals surface area contributed by atoms with Crippen LogP contribution in [0.25, 0.3) is 0 Å². The van der Waals surface area contributed by atoms with E-state index in [-0.39, 0.29) is 25.6 Å². The zero-order chi connectivity index (χ0) is 15.7. The van der Waals surface area contributed by atoms with Crippen molar-refractivity contribution in [3.63, 3.8) is 0 Å². The second-order valence-electron chi connectivity index (χ2n) is 4.34.